The van der Waals surface area contributed by atoms with Gasteiger partial charge in [0, 0.05) is 11.1 Å². The molecular formula is C18H18N4O2S. The van der Waals surface area contributed by atoms with Crippen molar-refractivity contribution >= 4 is 16.3 Å². The van der Waals surface area contributed by atoms with Crippen LogP contribution in [0.15, 0.2) is 69.4 Å². The lowest BCUT2D eigenvalue weighted by Crippen LogP contribution is -1.92. The third-order valence-electron chi connectivity index (χ3n) is 3.43. The van der Waals surface area contributed by atoms with Gasteiger partial charge in [-0.1, -0.05) is 37.1 Å². The minimum absolute atomic E-state index is 0.0817. The Morgan fingerprint density at radius 1 is 1.08 bits per heavy atom. The summed E-state index contributed by atoms with van der Waals surface area (Å²) in [5.41, 5.74) is 2.69. The fraction of sp³-hybridized carbons (Fsp3) is 0.167. The van der Waals surface area contributed by atoms with Crippen molar-refractivity contribution in [1.29, 1.82) is 0 Å². The molecule has 0 aliphatic carbocycles. The molecule has 0 radical (unpaired) electrons. The first-order valence-corrected chi connectivity index (χ1v) is 9.12. The van der Waals surface area contributed by atoms with E-state index in [0.717, 1.165) is 16.6 Å². The SMILES string of the molecule is CC.Cc1ccn2ncc(-c3nnc(S(=O)c4ccccc4)o3)c2c1. The maximum atomic E-state index is 12.4. The summed E-state index contributed by atoms with van der Waals surface area (Å²) in [7, 11) is -1.49. The Balaban J connectivity index is 0.000000880. The molecule has 1 atom stereocenters. The summed E-state index contributed by atoms with van der Waals surface area (Å²) in [5, 5.41) is 12.3. The minimum Gasteiger partial charge on any atom is -0.409 e. The van der Waals surface area contributed by atoms with Crippen molar-refractivity contribution in [3.63, 3.8) is 0 Å². The van der Waals surface area contributed by atoms with Gasteiger partial charge in [-0.3, -0.25) is 0 Å². The van der Waals surface area contributed by atoms with Crippen LogP contribution in [0.2, 0.25) is 0 Å². The van der Waals surface area contributed by atoms with Gasteiger partial charge in [0.1, 0.15) is 10.8 Å². The van der Waals surface area contributed by atoms with Gasteiger partial charge in [0.2, 0.25) is 0 Å². The third kappa shape index (κ3) is 3.36. The number of fused-ring (bicyclic) bond motifs is 1. The summed E-state index contributed by atoms with van der Waals surface area (Å²) in [6.07, 6.45) is 3.53. The first-order chi connectivity index (χ1) is 12.2. The molecule has 0 aliphatic rings. The Morgan fingerprint density at radius 2 is 1.84 bits per heavy atom. The van der Waals surface area contributed by atoms with E-state index in [1.807, 2.05) is 57.3 Å². The molecule has 6 nitrogen and oxygen atoms in total. The van der Waals surface area contributed by atoms with Crippen LogP contribution in [0.5, 0.6) is 0 Å². The zero-order valence-electron chi connectivity index (χ0n) is 14.2. The summed E-state index contributed by atoms with van der Waals surface area (Å²) in [6.45, 7) is 6.00. The topological polar surface area (TPSA) is 73.3 Å². The van der Waals surface area contributed by atoms with E-state index in [2.05, 4.69) is 15.3 Å². The molecule has 0 fully saturated rings. The Hall–Kier alpha value is -2.80. The van der Waals surface area contributed by atoms with Crippen LogP contribution in [-0.4, -0.2) is 24.0 Å². The molecule has 128 valence electrons. The fourth-order valence-electron chi connectivity index (χ4n) is 2.29. The van der Waals surface area contributed by atoms with Crippen LogP contribution in [0.1, 0.15) is 19.4 Å². The number of aryl methyl sites for hydroxylation is 1. The summed E-state index contributed by atoms with van der Waals surface area (Å²) in [5.74, 6) is 0.310. The summed E-state index contributed by atoms with van der Waals surface area (Å²) >= 11 is 0. The zero-order chi connectivity index (χ0) is 17.8. The lowest BCUT2D eigenvalue weighted by Gasteiger charge is -1.97. The van der Waals surface area contributed by atoms with E-state index in [1.165, 1.54) is 0 Å². The van der Waals surface area contributed by atoms with Crippen LogP contribution in [-0.2, 0) is 10.8 Å². The standard InChI is InChI=1S/C16H12N4O2S.C2H6/c1-11-7-8-20-14(9-11)13(10-17-20)15-18-19-16(22-15)23(21)12-5-3-2-4-6-12;1-2/h2-10H,1H3;1-2H3. The molecule has 0 N–H and O–H groups in total. The summed E-state index contributed by atoms with van der Waals surface area (Å²) in [6, 6.07) is 13.0. The molecule has 0 saturated heterocycles. The second-order valence-electron chi connectivity index (χ2n) is 5.05. The molecule has 0 spiro atoms. The van der Waals surface area contributed by atoms with Gasteiger partial charge in [0.05, 0.1) is 17.3 Å². The number of aromatic nitrogens is 4. The number of benzene rings is 1. The van der Waals surface area contributed by atoms with E-state index < -0.39 is 10.8 Å². The van der Waals surface area contributed by atoms with Gasteiger partial charge in [-0.15, -0.1) is 5.10 Å². The van der Waals surface area contributed by atoms with E-state index in [0.29, 0.717) is 10.8 Å². The minimum atomic E-state index is -1.49. The highest BCUT2D eigenvalue weighted by Gasteiger charge is 2.18. The highest BCUT2D eigenvalue weighted by atomic mass is 32.2. The molecular weight excluding hydrogens is 336 g/mol. The highest BCUT2D eigenvalue weighted by molar-refractivity contribution is 7.84. The largest absolute Gasteiger partial charge is 0.409 e. The van der Waals surface area contributed by atoms with Crippen LogP contribution in [0, 0.1) is 6.92 Å². The van der Waals surface area contributed by atoms with Gasteiger partial charge in [-0.05, 0) is 36.8 Å². The first kappa shape index (κ1) is 17.0. The van der Waals surface area contributed by atoms with Crippen molar-refractivity contribution in [2.24, 2.45) is 0 Å². The number of hydrogen-bond donors (Lipinski definition) is 0. The predicted octanol–water partition coefficient (Wildman–Crippen LogP) is 3.89. The maximum Gasteiger partial charge on any atom is 0.312 e. The van der Waals surface area contributed by atoms with Crippen molar-refractivity contribution < 1.29 is 8.63 Å². The predicted molar refractivity (Wildman–Crippen MR) is 95.7 cm³/mol. The second kappa shape index (κ2) is 7.40. The average Bonchev–Trinajstić information content (AvgIpc) is 3.30. The quantitative estimate of drug-likeness (QED) is 0.558. The Kier molecular flexibility index (Phi) is 5.04. The molecule has 3 heterocycles. The van der Waals surface area contributed by atoms with Gasteiger partial charge < -0.3 is 4.42 Å². The monoisotopic (exact) mass is 354 g/mol. The van der Waals surface area contributed by atoms with Gasteiger partial charge in [-0.2, -0.15) is 5.10 Å². The summed E-state index contributed by atoms with van der Waals surface area (Å²) in [4.78, 5) is 0.624. The smallest absolute Gasteiger partial charge is 0.312 e. The average molecular weight is 354 g/mol. The zero-order valence-corrected chi connectivity index (χ0v) is 15.0. The molecule has 0 aliphatic heterocycles. The van der Waals surface area contributed by atoms with E-state index >= 15 is 0 Å². The van der Waals surface area contributed by atoms with Crippen LogP contribution in [0.3, 0.4) is 0 Å². The van der Waals surface area contributed by atoms with Gasteiger partial charge in [0.25, 0.3) is 5.89 Å². The molecule has 4 aromatic rings. The van der Waals surface area contributed by atoms with Crippen molar-refractivity contribution in [2.45, 2.75) is 30.9 Å². The maximum absolute atomic E-state index is 12.4. The molecule has 25 heavy (non-hydrogen) atoms. The molecule has 1 aromatic carbocycles. The van der Waals surface area contributed by atoms with E-state index in [9.17, 15) is 4.21 Å². The Morgan fingerprint density at radius 3 is 2.60 bits per heavy atom. The highest BCUT2D eigenvalue weighted by Crippen LogP contribution is 2.25. The van der Waals surface area contributed by atoms with Crippen molar-refractivity contribution in [3.8, 4) is 11.5 Å². The molecule has 0 saturated carbocycles. The number of hydrogen-bond acceptors (Lipinski definition) is 5. The number of pyridine rings is 1. The molecule has 1 unspecified atom stereocenters. The van der Waals surface area contributed by atoms with E-state index in [1.54, 1.807) is 22.8 Å². The normalized spacial score (nSPS) is 11.8. The molecule has 0 bridgehead atoms. The lowest BCUT2D eigenvalue weighted by atomic mass is 10.2. The molecule has 4 rings (SSSR count). The lowest BCUT2D eigenvalue weighted by molar-refractivity contribution is 0.456. The molecule has 7 heteroatoms. The fourth-order valence-corrected chi connectivity index (χ4v) is 3.17. The van der Waals surface area contributed by atoms with Gasteiger partial charge >= 0.3 is 5.22 Å². The van der Waals surface area contributed by atoms with Crippen LogP contribution < -0.4 is 0 Å². The number of rotatable bonds is 3. The second-order valence-corrected chi connectivity index (χ2v) is 6.41. The van der Waals surface area contributed by atoms with E-state index in [4.69, 9.17) is 4.42 Å². The number of nitrogens with zero attached hydrogens (tertiary/aromatic N) is 4. The van der Waals surface area contributed by atoms with Crippen molar-refractivity contribution in [1.82, 2.24) is 19.8 Å². The summed E-state index contributed by atoms with van der Waals surface area (Å²) < 4.78 is 19.8. The van der Waals surface area contributed by atoms with Crippen LogP contribution >= 0.6 is 0 Å². The Labute approximate surface area is 148 Å². The van der Waals surface area contributed by atoms with E-state index in [-0.39, 0.29) is 5.22 Å². The Bertz CT molecular complexity index is 1010. The molecule has 0 amide bonds. The molecule has 3 aromatic heterocycles. The van der Waals surface area contributed by atoms with Gasteiger partial charge in [0.15, 0.2) is 0 Å². The van der Waals surface area contributed by atoms with Gasteiger partial charge in [-0.25, -0.2) is 8.72 Å². The third-order valence-corrected chi connectivity index (χ3v) is 4.61. The van der Waals surface area contributed by atoms with Crippen molar-refractivity contribution in [3.05, 3.63) is 60.4 Å². The van der Waals surface area contributed by atoms with Crippen LogP contribution in [0.25, 0.3) is 17.0 Å². The van der Waals surface area contributed by atoms with Crippen LogP contribution in [0.4, 0.5) is 0 Å². The van der Waals surface area contributed by atoms with Crippen molar-refractivity contribution in [2.75, 3.05) is 0 Å². The first-order valence-electron chi connectivity index (χ1n) is 7.97.